The highest BCUT2D eigenvalue weighted by Crippen LogP contribution is 2.53. The molecular weight excluding hydrogens is 258 g/mol. The maximum absolute atomic E-state index is 6.10. The van der Waals surface area contributed by atoms with Gasteiger partial charge >= 0.3 is 0 Å². The fourth-order valence-corrected chi connectivity index (χ4v) is 5.30. The van der Waals surface area contributed by atoms with Gasteiger partial charge in [0.15, 0.2) is 0 Å². The predicted molar refractivity (Wildman–Crippen MR) is 88.5 cm³/mol. The lowest BCUT2D eigenvalue weighted by molar-refractivity contribution is -0.153. The number of nitrogens with one attached hydrogen (secondary N) is 1. The van der Waals surface area contributed by atoms with Crippen molar-refractivity contribution >= 4 is 0 Å². The van der Waals surface area contributed by atoms with Crippen molar-refractivity contribution in [1.29, 1.82) is 0 Å². The van der Waals surface area contributed by atoms with Gasteiger partial charge in [0.1, 0.15) is 0 Å². The van der Waals surface area contributed by atoms with Crippen molar-refractivity contribution in [1.82, 2.24) is 5.32 Å². The van der Waals surface area contributed by atoms with Gasteiger partial charge in [0.25, 0.3) is 0 Å². The summed E-state index contributed by atoms with van der Waals surface area (Å²) in [7, 11) is 0. The van der Waals surface area contributed by atoms with E-state index in [0.717, 1.165) is 24.6 Å². The maximum Gasteiger partial charge on any atom is 0.0661 e. The molecule has 1 spiro atoms. The fraction of sp³-hybridized carbons (Fsp3) is 1.00. The first-order valence-electron chi connectivity index (χ1n) is 9.64. The second kappa shape index (κ2) is 7.00. The van der Waals surface area contributed by atoms with E-state index in [-0.39, 0.29) is 0 Å². The maximum atomic E-state index is 6.10. The van der Waals surface area contributed by atoms with Gasteiger partial charge < -0.3 is 10.1 Å². The van der Waals surface area contributed by atoms with Crippen LogP contribution in [0.4, 0.5) is 0 Å². The molecule has 0 aromatic heterocycles. The quantitative estimate of drug-likeness (QED) is 0.760. The van der Waals surface area contributed by atoms with E-state index >= 15 is 0 Å². The van der Waals surface area contributed by atoms with Crippen LogP contribution in [0, 0.1) is 11.3 Å². The number of hydrogen-bond donors (Lipinski definition) is 1. The van der Waals surface area contributed by atoms with Gasteiger partial charge in [0, 0.05) is 24.1 Å². The summed E-state index contributed by atoms with van der Waals surface area (Å²) in [5.74, 6) is 0.860. The van der Waals surface area contributed by atoms with Crippen LogP contribution in [-0.4, -0.2) is 24.8 Å². The molecular formula is C19H35NO. The minimum atomic E-state index is 0.486. The molecule has 0 heterocycles. The molecule has 3 saturated carbocycles. The summed E-state index contributed by atoms with van der Waals surface area (Å²) >= 11 is 0. The van der Waals surface area contributed by atoms with Crippen LogP contribution in [0.5, 0.6) is 0 Å². The highest BCUT2D eigenvalue weighted by molar-refractivity contribution is 5.09. The van der Waals surface area contributed by atoms with Gasteiger partial charge in [-0.3, -0.25) is 0 Å². The largest absolute Gasteiger partial charge is 0.378 e. The third-order valence-electron chi connectivity index (χ3n) is 6.71. The predicted octanol–water partition coefficient (Wildman–Crippen LogP) is 4.67. The molecule has 3 aliphatic carbocycles. The summed E-state index contributed by atoms with van der Waals surface area (Å²) in [6, 6.07) is 1.50. The SMILES string of the molecule is CCOC1CC(NC2CCCCCC2C)C12CCCCC2. The van der Waals surface area contributed by atoms with Gasteiger partial charge in [-0.05, 0) is 44.9 Å². The highest BCUT2D eigenvalue weighted by Gasteiger charge is 2.55. The molecule has 3 aliphatic rings. The molecule has 0 aromatic rings. The monoisotopic (exact) mass is 293 g/mol. The second-order valence-corrected chi connectivity index (χ2v) is 7.91. The standard InChI is InChI=1S/C19H35NO/c1-3-21-18-14-17(19(18)12-8-5-9-13-19)20-16-11-7-4-6-10-15(16)2/h15-18,20H,3-14H2,1-2H3. The molecule has 122 valence electrons. The Morgan fingerprint density at radius 3 is 2.48 bits per heavy atom. The molecule has 0 saturated heterocycles. The Morgan fingerprint density at radius 1 is 1.00 bits per heavy atom. The number of ether oxygens (including phenoxy) is 1. The first kappa shape index (κ1) is 15.8. The molecule has 2 heteroatoms. The fourth-order valence-electron chi connectivity index (χ4n) is 5.30. The van der Waals surface area contributed by atoms with E-state index in [0.29, 0.717) is 11.5 Å². The van der Waals surface area contributed by atoms with Gasteiger partial charge in [-0.1, -0.05) is 45.4 Å². The number of rotatable bonds is 4. The van der Waals surface area contributed by atoms with Crippen molar-refractivity contribution in [2.24, 2.45) is 11.3 Å². The molecule has 4 unspecified atom stereocenters. The zero-order chi connectivity index (χ0) is 14.7. The Hall–Kier alpha value is -0.0800. The Labute approximate surface area is 131 Å². The van der Waals surface area contributed by atoms with Gasteiger partial charge in [-0.25, -0.2) is 0 Å². The first-order chi connectivity index (χ1) is 10.3. The molecule has 2 nitrogen and oxygen atoms in total. The smallest absolute Gasteiger partial charge is 0.0661 e. The molecule has 1 N–H and O–H groups in total. The lowest BCUT2D eigenvalue weighted by Crippen LogP contribution is -2.66. The summed E-state index contributed by atoms with van der Waals surface area (Å²) in [5.41, 5.74) is 0.486. The average Bonchev–Trinajstić information content (AvgIpc) is 2.72. The Kier molecular flexibility index (Phi) is 5.27. The van der Waals surface area contributed by atoms with Gasteiger partial charge in [-0.15, -0.1) is 0 Å². The molecule has 3 rings (SSSR count). The van der Waals surface area contributed by atoms with E-state index in [2.05, 4.69) is 19.2 Å². The van der Waals surface area contributed by atoms with Crippen LogP contribution in [0.25, 0.3) is 0 Å². The molecule has 0 amide bonds. The molecule has 0 bridgehead atoms. The highest BCUT2D eigenvalue weighted by atomic mass is 16.5. The van der Waals surface area contributed by atoms with E-state index < -0.39 is 0 Å². The van der Waals surface area contributed by atoms with Gasteiger partial charge in [0.05, 0.1) is 6.10 Å². The van der Waals surface area contributed by atoms with E-state index in [9.17, 15) is 0 Å². The normalized spacial score (nSPS) is 39.7. The van der Waals surface area contributed by atoms with Gasteiger partial charge in [-0.2, -0.15) is 0 Å². The van der Waals surface area contributed by atoms with Crippen molar-refractivity contribution in [3.05, 3.63) is 0 Å². The minimum absolute atomic E-state index is 0.486. The van der Waals surface area contributed by atoms with Crippen molar-refractivity contribution in [2.45, 2.75) is 103 Å². The van der Waals surface area contributed by atoms with Crippen molar-refractivity contribution in [3.63, 3.8) is 0 Å². The molecule has 0 aliphatic heterocycles. The van der Waals surface area contributed by atoms with Crippen LogP contribution in [0.3, 0.4) is 0 Å². The molecule has 21 heavy (non-hydrogen) atoms. The van der Waals surface area contributed by atoms with E-state index in [4.69, 9.17) is 4.74 Å². The van der Waals surface area contributed by atoms with Crippen molar-refractivity contribution in [2.75, 3.05) is 6.61 Å². The molecule has 0 radical (unpaired) electrons. The Morgan fingerprint density at radius 2 is 1.71 bits per heavy atom. The summed E-state index contributed by atoms with van der Waals surface area (Å²) < 4.78 is 6.10. The second-order valence-electron chi connectivity index (χ2n) is 7.91. The Bertz CT molecular complexity index is 324. The van der Waals surface area contributed by atoms with Crippen LogP contribution in [0.1, 0.15) is 84.5 Å². The van der Waals surface area contributed by atoms with Crippen LogP contribution in [-0.2, 0) is 4.74 Å². The lowest BCUT2D eigenvalue weighted by Gasteiger charge is -2.59. The van der Waals surface area contributed by atoms with Crippen molar-refractivity contribution < 1.29 is 4.74 Å². The number of hydrogen-bond acceptors (Lipinski definition) is 2. The van der Waals surface area contributed by atoms with Crippen LogP contribution < -0.4 is 5.32 Å². The lowest BCUT2D eigenvalue weighted by atomic mass is 9.55. The van der Waals surface area contributed by atoms with E-state index in [1.807, 2.05) is 0 Å². The average molecular weight is 293 g/mol. The van der Waals surface area contributed by atoms with Gasteiger partial charge in [0.2, 0.25) is 0 Å². The van der Waals surface area contributed by atoms with Crippen LogP contribution in [0.15, 0.2) is 0 Å². The summed E-state index contributed by atoms with van der Waals surface area (Å²) in [6.07, 6.45) is 16.0. The molecule has 0 aromatic carbocycles. The van der Waals surface area contributed by atoms with E-state index in [1.54, 1.807) is 0 Å². The molecule has 3 fully saturated rings. The zero-order valence-corrected chi connectivity index (χ0v) is 14.2. The minimum Gasteiger partial charge on any atom is -0.378 e. The summed E-state index contributed by atoms with van der Waals surface area (Å²) in [5, 5.41) is 4.11. The third-order valence-corrected chi connectivity index (χ3v) is 6.71. The van der Waals surface area contributed by atoms with E-state index in [1.165, 1.54) is 70.6 Å². The van der Waals surface area contributed by atoms with Crippen LogP contribution in [0.2, 0.25) is 0 Å². The first-order valence-corrected chi connectivity index (χ1v) is 9.64. The third kappa shape index (κ3) is 3.17. The van der Waals surface area contributed by atoms with Crippen LogP contribution >= 0.6 is 0 Å². The summed E-state index contributed by atoms with van der Waals surface area (Å²) in [6.45, 7) is 5.51. The summed E-state index contributed by atoms with van der Waals surface area (Å²) in [4.78, 5) is 0. The molecule has 4 atom stereocenters. The zero-order valence-electron chi connectivity index (χ0n) is 14.2. The Balaban J connectivity index is 1.64. The van der Waals surface area contributed by atoms with Crippen molar-refractivity contribution in [3.8, 4) is 0 Å². The topological polar surface area (TPSA) is 21.3 Å².